The number of anilines is 1. The lowest BCUT2D eigenvalue weighted by molar-refractivity contribution is -0.117. The van der Waals surface area contributed by atoms with E-state index in [2.05, 4.69) is 9.71 Å². The first-order valence-corrected chi connectivity index (χ1v) is 11.0. The Hall–Kier alpha value is -2.74. The van der Waals surface area contributed by atoms with Crippen molar-refractivity contribution in [3.63, 3.8) is 0 Å². The summed E-state index contributed by atoms with van der Waals surface area (Å²) >= 11 is 0. The van der Waals surface area contributed by atoms with Crippen LogP contribution in [0.5, 0.6) is 0 Å². The number of amides is 1. The van der Waals surface area contributed by atoms with Crippen LogP contribution in [0.3, 0.4) is 0 Å². The molecule has 4 rings (SSSR count). The van der Waals surface area contributed by atoms with Crippen LogP contribution >= 0.6 is 0 Å². The fourth-order valence-electron chi connectivity index (χ4n) is 3.63. The summed E-state index contributed by atoms with van der Waals surface area (Å²) < 4.78 is 42.3. The average Bonchev–Trinajstić information content (AvgIpc) is 3.40. The number of likely N-dealkylation sites (tertiary alicyclic amines) is 1. The van der Waals surface area contributed by atoms with Gasteiger partial charge in [-0.15, -0.1) is 4.40 Å². The molecule has 1 aliphatic carbocycles. The van der Waals surface area contributed by atoms with E-state index in [4.69, 9.17) is 0 Å². The van der Waals surface area contributed by atoms with Crippen LogP contribution in [-0.4, -0.2) is 38.7 Å². The summed E-state index contributed by atoms with van der Waals surface area (Å²) in [6.07, 6.45) is 2.21. The van der Waals surface area contributed by atoms with E-state index in [9.17, 15) is 17.6 Å². The summed E-state index contributed by atoms with van der Waals surface area (Å²) in [5.41, 5.74) is 1.35. The van der Waals surface area contributed by atoms with Gasteiger partial charge in [-0.25, -0.2) is 4.39 Å². The second-order valence-corrected chi connectivity index (χ2v) is 9.13. The lowest BCUT2D eigenvalue weighted by Crippen LogP contribution is -2.20. The summed E-state index contributed by atoms with van der Waals surface area (Å²) in [6, 6.07) is 12.3. The van der Waals surface area contributed by atoms with Crippen LogP contribution in [0, 0.1) is 11.7 Å². The average molecular weight is 415 g/mol. The molecule has 2 aliphatic rings. The van der Waals surface area contributed by atoms with Gasteiger partial charge in [-0.3, -0.25) is 4.79 Å². The Morgan fingerprint density at radius 3 is 2.66 bits per heavy atom. The van der Waals surface area contributed by atoms with E-state index >= 15 is 0 Å². The third-order valence-corrected chi connectivity index (χ3v) is 6.69. The maximum atomic E-state index is 13.1. The third-order valence-electron chi connectivity index (χ3n) is 5.38. The van der Waals surface area contributed by atoms with Gasteiger partial charge in [0.1, 0.15) is 11.7 Å². The van der Waals surface area contributed by atoms with Crippen molar-refractivity contribution in [3.8, 4) is 0 Å². The molecule has 2 unspecified atom stereocenters. The predicted octanol–water partition coefficient (Wildman–Crippen LogP) is 3.38. The minimum absolute atomic E-state index is 0.0500. The summed E-state index contributed by atoms with van der Waals surface area (Å²) in [6.45, 7) is 0.793. The molecule has 1 saturated heterocycles. The zero-order chi connectivity index (χ0) is 20.6. The second-order valence-electron chi connectivity index (χ2n) is 7.53. The van der Waals surface area contributed by atoms with Crippen LogP contribution in [0.15, 0.2) is 57.8 Å². The maximum absolute atomic E-state index is 13.1. The zero-order valence-electron chi connectivity index (χ0n) is 16.0. The molecule has 0 aromatic heterocycles. The van der Waals surface area contributed by atoms with Crippen molar-refractivity contribution in [2.45, 2.75) is 30.1 Å². The summed E-state index contributed by atoms with van der Waals surface area (Å²) in [7, 11) is -2.01. The van der Waals surface area contributed by atoms with Gasteiger partial charge in [-0.05, 0) is 54.7 Å². The van der Waals surface area contributed by atoms with Crippen molar-refractivity contribution < 1.29 is 17.6 Å². The highest BCUT2D eigenvalue weighted by molar-refractivity contribution is 7.90. The van der Waals surface area contributed by atoms with Crippen LogP contribution in [0.1, 0.15) is 30.7 Å². The van der Waals surface area contributed by atoms with E-state index in [-0.39, 0.29) is 28.5 Å². The molecular formula is C21H22FN3O3S. The number of nitrogens with zero attached hydrogens (tertiary/aromatic N) is 2. The number of carbonyl (C=O) groups is 1. The van der Waals surface area contributed by atoms with Gasteiger partial charge in [0.05, 0.1) is 4.90 Å². The molecule has 1 amide bonds. The van der Waals surface area contributed by atoms with Crippen LogP contribution in [0.4, 0.5) is 10.1 Å². The summed E-state index contributed by atoms with van der Waals surface area (Å²) in [4.78, 5) is 14.4. The van der Waals surface area contributed by atoms with Gasteiger partial charge >= 0.3 is 0 Å². The van der Waals surface area contributed by atoms with Crippen LogP contribution in [0.25, 0.3) is 0 Å². The molecule has 29 heavy (non-hydrogen) atoms. The number of amidine groups is 1. The number of sulfonamides is 1. The van der Waals surface area contributed by atoms with Gasteiger partial charge in [0, 0.05) is 31.6 Å². The van der Waals surface area contributed by atoms with Crippen molar-refractivity contribution in [1.82, 2.24) is 4.90 Å². The van der Waals surface area contributed by atoms with Gasteiger partial charge in [0.25, 0.3) is 10.0 Å². The molecule has 6 nitrogen and oxygen atoms in total. The van der Waals surface area contributed by atoms with Gasteiger partial charge in [0.15, 0.2) is 0 Å². The minimum atomic E-state index is -3.84. The molecule has 0 spiro atoms. The fraction of sp³-hybridized carbons (Fsp3) is 0.333. The number of rotatable bonds is 5. The molecule has 1 N–H and O–H groups in total. The normalized spacial score (nSPS) is 22.7. The highest BCUT2D eigenvalue weighted by Crippen LogP contribution is 2.48. The van der Waals surface area contributed by atoms with Gasteiger partial charge < -0.3 is 10.2 Å². The minimum Gasteiger partial charge on any atom is -0.362 e. The number of carbonyl (C=O) groups excluding carboxylic acids is 1. The fourth-order valence-corrected chi connectivity index (χ4v) is 4.77. The zero-order valence-corrected chi connectivity index (χ0v) is 16.8. The quantitative estimate of drug-likeness (QED) is 0.812. The van der Waals surface area contributed by atoms with E-state index in [0.717, 1.165) is 18.5 Å². The molecule has 1 heterocycles. The van der Waals surface area contributed by atoms with E-state index in [0.29, 0.717) is 24.4 Å². The molecule has 1 saturated carbocycles. The van der Waals surface area contributed by atoms with Crippen molar-refractivity contribution in [2.75, 3.05) is 18.9 Å². The van der Waals surface area contributed by atoms with Crippen LogP contribution in [-0.2, 0) is 14.8 Å². The summed E-state index contributed by atoms with van der Waals surface area (Å²) in [5, 5.41) is 2.79. The van der Waals surface area contributed by atoms with Crippen molar-refractivity contribution in [1.29, 1.82) is 0 Å². The van der Waals surface area contributed by atoms with E-state index in [1.54, 1.807) is 24.3 Å². The van der Waals surface area contributed by atoms with Gasteiger partial charge in [0.2, 0.25) is 5.91 Å². The molecule has 0 radical (unpaired) electrons. The van der Waals surface area contributed by atoms with Gasteiger partial charge in [-0.1, -0.05) is 18.2 Å². The molecule has 152 valence electrons. The number of hydrogen-bond acceptors (Lipinski definition) is 3. The second kappa shape index (κ2) is 7.59. The highest BCUT2D eigenvalue weighted by atomic mass is 32.2. The molecule has 2 atom stereocenters. The lowest BCUT2D eigenvalue weighted by Gasteiger charge is -2.11. The van der Waals surface area contributed by atoms with Crippen molar-refractivity contribution >= 4 is 27.5 Å². The van der Waals surface area contributed by atoms with Crippen molar-refractivity contribution in [2.24, 2.45) is 10.3 Å². The highest BCUT2D eigenvalue weighted by Gasteiger charge is 2.43. The standard InChI is InChI=1S/C21H22FN3O3S/c1-25-11-3-6-20(25)24-29(27,28)17-5-2-4-16(12-17)23-21(26)19-13-18(19)14-7-9-15(22)10-8-14/h2,4-5,7-10,12,18-19H,3,6,11,13H2,1H3,(H,23,26). The molecule has 1 aliphatic heterocycles. The Balaban J connectivity index is 1.45. The topological polar surface area (TPSA) is 78.8 Å². The smallest absolute Gasteiger partial charge is 0.284 e. The number of nitrogens with one attached hydrogen (secondary N) is 1. The van der Waals surface area contributed by atoms with Crippen molar-refractivity contribution in [3.05, 3.63) is 59.9 Å². The SMILES string of the molecule is CN1CCCC1=NS(=O)(=O)c1cccc(NC(=O)C2CC2c2ccc(F)cc2)c1. The number of hydrogen-bond donors (Lipinski definition) is 1. The maximum Gasteiger partial charge on any atom is 0.284 e. The Labute approximate surface area is 169 Å². The Morgan fingerprint density at radius 1 is 1.21 bits per heavy atom. The van der Waals surface area contributed by atoms with E-state index in [1.165, 1.54) is 24.3 Å². The van der Waals surface area contributed by atoms with Crippen LogP contribution in [0.2, 0.25) is 0 Å². The third kappa shape index (κ3) is 4.32. The Bertz CT molecular complexity index is 1070. The monoisotopic (exact) mass is 415 g/mol. The first-order valence-electron chi connectivity index (χ1n) is 9.55. The molecule has 2 fully saturated rings. The Kier molecular flexibility index (Phi) is 5.12. The number of halogens is 1. The van der Waals surface area contributed by atoms with E-state index < -0.39 is 10.0 Å². The van der Waals surface area contributed by atoms with Crippen LogP contribution < -0.4 is 5.32 Å². The van der Waals surface area contributed by atoms with Gasteiger partial charge in [-0.2, -0.15) is 8.42 Å². The lowest BCUT2D eigenvalue weighted by atomic mass is 10.1. The molecule has 0 bridgehead atoms. The largest absolute Gasteiger partial charge is 0.362 e. The first-order chi connectivity index (χ1) is 13.8. The predicted molar refractivity (Wildman–Crippen MR) is 109 cm³/mol. The molecule has 2 aromatic carbocycles. The molecular weight excluding hydrogens is 393 g/mol. The van der Waals surface area contributed by atoms with E-state index in [1.807, 2.05) is 11.9 Å². The number of benzene rings is 2. The first kappa shape index (κ1) is 19.6. The summed E-state index contributed by atoms with van der Waals surface area (Å²) in [5.74, 6) is -0.0593. The molecule has 8 heteroatoms. The molecule has 2 aromatic rings. The Morgan fingerprint density at radius 2 is 1.97 bits per heavy atom.